The smallest absolute Gasteiger partial charge is 0.417 e. The molecular formula is C24H28N4O4. The lowest BCUT2D eigenvalue weighted by Gasteiger charge is -2.32. The minimum absolute atomic E-state index is 0.0858. The summed E-state index contributed by atoms with van der Waals surface area (Å²) in [7, 11) is 0. The number of nitrogens with zero attached hydrogens (tertiary/aromatic N) is 2. The monoisotopic (exact) mass is 436 g/mol. The number of anilines is 1. The number of benzene rings is 2. The molecule has 0 radical (unpaired) electrons. The first-order valence-corrected chi connectivity index (χ1v) is 10.7. The first-order chi connectivity index (χ1) is 15.1. The molecule has 0 spiro atoms. The summed E-state index contributed by atoms with van der Waals surface area (Å²) in [6.07, 6.45) is -1.06. The van der Waals surface area contributed by atoms with Crippen LogP contribution in [0.4, 0.5) is 15.3 Å². The molecule has 1 aliphatic heterocycles. The number of fused-ring (bicyclic) bond motifs is 3. The number of amides is 1. The Morgan fingerprint density at radius 2 is 1.94 bits per heavy atom. The van der Waals surface area contributed by atoms with Crippen molar-refractivity contribution >= 4 is 28.9 Å². The molecule has 4 rings (SSSR count). The van der Waals surface area contributed by atoms with Crippen molar-refractivity contribution in [3.05, 3.63) is 59.4 Å². The van der Waals surface area contributed by atoms with Crippen molar-refractivity contribution in [2.45, 2.75) is 58.2 Å². The van der Waals surface area contributed by atoms with E-state index in [1.807, 2.05) is 70.2 Å². The standard InChI is InChI=1S/C24H28N4O4/c1-14-12-18(27-22(29)32-13-15-8-6-5-7-9-15)19-16(25-14)10-11-17-20(19)28(23(30)31)21(26-17)24(2,3)4/h5-11,14,18,25H,12-13H2,1-4H3,(H,27,29)(H,30,31). The molecular weight excluding hydrogens is 408 g/mol. The summed E-state index contributed by atoms with van der Waals surface area (Å²) in [4.78, 5) is 29.5. The predicted octanol–water partition coefficient (Wildman–Crippen LogP) is 5.03. The van der Waals surface area contributed by atoms with Crippen LogP contribution in [0.1, 0.15) is 57.1 Å². The second-order valence-electron chi connectivity index (χ2n) is 9.24. The van der Waals surface area contributed by atoms with Crippen LogP contribution in [-0.4, -0.2) is 32.9 Å². The van der Waals surface area contributed by atoms with Gasteiger partial charge in [-0.2, -0.15) is 0 Å². The zero-order valence-corrected chi connectivity index (χ0v) is 18.7. The lowest BCUT2D eigenvalue weighted by molar-refractivity contribution is 0.134. The molecule has 2 atom stereocenters. The molecule has 0 aliphatic carbocycles. The van der Waals surface area contributed by atoms with E-state index in [-0.39, 0.29) is 12.6 Å². The fraction of sp³-hybridized carbons (Fsp3) is 0.375. The van der Waals surface area contributed by atoms with E-state index in [1.165, 1.54) is 4.57 Å². The van der Waals surface area contributed by atoms with Gasteiger partial charge in [0.2, 0.25) is 0 Å². The van der Waals surface area contributed by atoms with Gasteiger partial charge in [-0.1, -0.05) is 51.1 Å². The molecule has 0 fully saturated rings. The number of nitrogens with one attached hydrogen (secondary N) is 2. The molecule has 2 aromatic carbocycles. The van der Waals surface area contributed by atoms with E-state index in [0.717, 1.165) is 11.3 Å². The summed E-state index contributed by atoms with van der Waals surface area (Å²) in [6.45, 7) is 7.96. The maximum atomic E-state index is 12.6. The van der Waals surface area contributed by atoms with Gasteiger partial charge < -0.3 is 20.5 Å². The first kappa shape index (κ1) is 21.7. The van der Waals surface area contributed by atoms with Crippen LogP contribution in [0.2, 0.25) is 0 Å². The van der Waals surface area contributed by atoms with Gasteiger partial charge in [-0.05, 0) is 31.0 Å². The number of ether oxygens (including phenoxy) is 1. The SMILES string of the molecule is CC1CC(NC(=O)OCc2ccccc2)c2c(ccc3nc(C(C)(C)C)n(C(=O)O)c23)N1. The Hall–Kier alpha value is -3.55. The summed E-state index contributed by atoms with van der Waals surface area (Å²) in [5, 5.41) is 16.4. The van der Waals surface area contributed by atoms with Crippen LogP contribution in [-0.2, 0) is 16.8 Å². The quantitative estimate of drug-likeness (QED) is 0.532. The molecule has 3 N–H and O–H groups in total. The number of carboxylic acid groups (broad SMARTS) is 1. The fourth-order valence-corrected chi connectivity index (χ4v) is 4.19. The Labute approximate surface area is 186 Å². The second kappa shape index (κ2) is 8.18. The van der Waals surface area contributed by atoms with E-state index in [1.54, 1.807) is 0 Å². The van der Waals surface area contributed by atoms with Gasteiger partial charge in [-0.15, -0.1) is 0 Å². The zero-order chi connectivity index (χ0) is 23.0. The zero-order valence-electron chi connectivity index (χ0n) is 18.7. The number of carbonyl (C=O) groups is 2. The average Bonchev–Trinajstić information content (AvgIpc) is 3.13. The normalized spacial score (nSPS) is 18.0. The summed E-state index contributed by atoms with van der Waals surface area (Å²) in [6, 6.07) is 12.8. The lowest BCUT2D eigenvalue weighted by atomic mass is 9.92. The molecule has 0 saturated carbocycles. The number of hydrogen-bond acceptors (Lipinski definition) is 5. The summed E-state index contributed by atoms with van der Waals surface area (Å²) in [5.74, 6) is 0.456. The second-order valence-corrected chi connectivity index (χ2v) is 9.24. The van der Waals surface area contributed by atoms with Gasteiger partial charge in [-0.25, -0.2) is 19.1 Å². The molecule has 8 heteroatoms. The molecule has 3 aromatic rings. The number of aromatic nitrogens is 2. The van der Waals surface area contributed by atoms with Crippen LogP contribution < -0.4 is 10.6 Å². The Morgan fingerprint density at radius 3 is 2.59 bits per heavy atom. The average molecular weight is 437 g/mol. The molecule has 0 saturated heterocycles. The van der Waals surface area contributed by atoms with E-state index in [0.29, 0.717) is 28.8 Å². The molecule has 1 aliphatic rings. The van der Waals surface area contributed by atoms with Crippen LogP contribution in [0.5, 0.6) is 0 Å². The third-order valence-electron chi connectivity index (χ3n) is 5.56. The summed E-state index contributed by atoms with van der Waals surface area (Å²) in [5.41, 5.74) is 2.99. The minimum Gasteiger partial charge on any atom is -0.464 e. The number of imidazole rings is 1. The van der Waals surface area contributed by atoms with Crippen LogP contribution in [0, 0.1) is 0 Å². The van der Waals surface area contributed by atoms with Gasteiger partial charge >= 0.3 is 12.2 Å². The van der Waals surface area contributed by atoms with Crippen LogP contribution in [0.15, 0.2) is 42.5 Å². The number of carbonyl (C=O) groups excluding carboxylic acids is 1. The highest BCUT2D eigenvalue weighted by Crippen LogP contribution is 2.39. The fourth-order valence-electron chi connectivity index (χ4n) is 4.19. The Kier molecular flexibility index (Phi) is 5.54. The topological polar surface area (TPSA) is 105 Å². The Bertz CT molecular complexity index is 1160. The van der Waals surface area contributed by atoms with Gasteiger partial charge in [-0.3, -0.25) is 0 Å². The van der Waals surface area contributed by atoms with Crippen LogP contribution in [0.25, 0.3) is 11.0 Å². The van der Waals surface area contributed by atoms with E-state index in [2.05, 4.69) is 15.6 Å². The van der Waals surface area contributed by atoms with Gasteiger partial charge in [0.25, 0.3) is 0 Å². The highest BCUT2D eigenvalue weighted by atomic mass is 16.5. The van der Waals surface area contributed by atoms with E-state index >= 15 is 0 Å². The first-order valence-electron chi connectivity index (χ1n) is 10.7. The number of alkyl carbamates (subject to hydrolysis) is 1. The number of hydrogen-bond donors (Lipinski definition) is 3. The Balaban J connectivity index is 1.72. The maximum absolute atomic E-state index is 12.6. The van der Waals surface area contributed by atoms with Crippen molar-refractivity contribution in [2.24, 2.45) is 0 Å². The van der Waals surface area contributed by atoms with E-state index in [4.69, 9.17) is 4.74 Å². The van der Waals surface area contributed by atoms with Crippen LogP contribution >= 0.6 is 0 Å². The van der Waals surface area contributed by atoms with Gasteiger partial charge in [0.05, 0.1) is 17.1 Å². The molecule has 168 valence electrons. The predicted molar refractivity (Wildman–Crippen MR) is 122 cm³/mol. The molecule has 8 nitrogen and oxygen atoms in total. The van der Waals surface area contributed by atoms with Gasteiger partial charge in [0.1, 0.15) is 12.4 Å². The minimum atomic E-state index is -1.10. The maximum Gasteiger partial charge on any atom is 0.417 e. The molecule has 1 aromatic heterocycles. The van der Waals surface area contributed by atoms with Crippen LogP contribution in [0.3, 0.4) is 0 Å². The van der Waals surface area contributed by atoms with E-state index in [9.17, 15) is 14.7 Å². The van der Waals surface area contributed by atoms with Crippen molar-refractivity contribution in [1.82, 2.24) is 14.9 Å². The third-order valence-corrected chi connectivity index (χ3v) is 5.56. The van der Waals surface area contributed by atoms with Crippen molar-refractivity contribution < 1.29 is 19.4 Å². The molecule has 0 bridgehead atoms. The Morgan fingerprint density at radius 1 is 1.22 bits per heavy atom. The van der Waals surface area contributed by atoms with Crippen molar-refractivity contribution in [1.29, 1.82) is 0 Å². The summed E-state index contributed by atoms with van der Waals surface area (Å²) < 4.78 is 6.67. The molecule has 32 heavy (non-hydrogen) atoms. The van der Waals surface area contributed by atoms with Crippen molar-refractivity contribution in [3.63, 3.8) is 0 Å². The largest absolute Gasteiger partial charge is 0.464 e. The lowest BCUT2D eigenvalue weighted by Crippen LogP contribution is -2.37. The highest BCUT2D eigenvalue weighted by molar-refractivity contribution is 5.93. The number of rotatable bonds is 3. The van der Waals surface area contributed by atoms with E-state index < -0.39 is 23.6 Å². The van der Waals surface area contributed by atoms with Gasteiger partial charge in [0, 0.05) is 22.7 Å². The third kappa shape index (κ3) is 4.12. The van der Waals surface area contributed by atoms with Gasteiger partial charge in [0.15, 0.2) is 0 Å². The molecule has 1 amide bonds. The molecule has 2 unspecified atom stereocenters. The summed E-state index contributed by atoms with van der Waals surface area (Å²) >= 11 is 0. The molecule has 2 heterocycles. The highest BCUT2D eigenvalue weighted by Gasteiger charge is 2.33. The van der Waals surface area contributed by atoms with Crippen molar-refractivity contribution in [2.75, 3.05) is 5.32 Å². The van der Waals surface area contributed by atoms with Crippen molar-refractivity contribution in [3.8, 4) is 0 Å².